The zero-order valence-corrected chi connectivity index (χ0v) is 11.6. The molecule has 0 unspecified atom stereocenters. The third kappa shape index (κ3) is 2.42. The summed E-state index contributed by atoms with van der Waals surface area (Å²) in [6.07, 6.45) is 0. The van der Waals surface area contributed by atoms with Gasteiger partial charge in [-0.1, -0.05) is 11.3 Å². The fourth-order valence-electron chi connectivity index (χ4n) is 1.66. The molecule has 0 atom stereocenters. The molecule has 0 saturated carbocycles. The van der Waals surface area contributed by atoms with Gasteiger partial charge in [0.05, 0.1) is 15.9 Å². The molecule has 0 bridgehead atoms. The number of carbonyl (C=O) groups excluding carboxylic acids is 1. The van der Waals surface area contributed by atoms with Crippen molar-refractivity contribution in [3.05, 3.63) is 34.8 Å². The summed E-state index contributed by atoms with van der Waals surface area (Å²) in [5.41, 5.74) is 7.92. The number of anilines is 2. The van der Waals surface area contributed by atoms with Gasteiger partial charge in [0.2, 0.25) is 0 Å². The van der Waals surface area contributed by atoms with E-state index in [1.54, 1.807) is 18.2 Å². The van der Waals surface area contributed by atoms with Crippen LogP contribution in [0.3, 0.4) is 0 Å². The number of aryl methyl sites for hydroxylation is 1. The SMILES string of the molecule is Cc1csc(NC(=O)c2ccc3nc(N)sc3c2)n1. The highest BCUT2D eigenvalue weighted by molar-refractivity contribution is 7.22. The quantitative estimate of drug-likeness (QED) is 0.760. The topological polar surface area (TPSA) is 80.9 Å². The molecule has 1 amide bonds. The first kappa shape index (κ1) is 12.1. The number of hydrogen-bond donors (Lipinski definition) is 2. The maximum Gasteiger partial charge on any atom is 0.257 e. The summed E-state index contributed by atoms with van der Waals surface area (Å²) in [5, 5.41) is 5.77. The van der Waals surface area contributed by atoms with Crippen molar-refractivity contribution in [1.29, 1.82) is 0 Å². The van der Waals surface area contributed by atoms with Crippen LogP contribution in [0.25, 0.3) is 10.2 Å². The van der Waals surface area contributed by atoms with E-state index in [0.29, 0.717) is 15.8 Å². The van der Waals surface area contributed by atoms with Crippen LogP contribution in [0.4, 0.5) is 10.3 Å². The lowest BCUT2D eigenvalue weighted by Gasteiger charge is -2.01. The van der Waals surface area contributed by atoms with Crippen molar-refractivity contribution in [2.45, 2.75) is 6.92 Å². The number of fused-ring (bicyclic) bond motifs is 1. The molecule has 0 radical (unpaired) electrons. The monoisotopic (exact) mass is 290 g/mol. The molecule has 7 heteroatoms. The maximum atomic E-state index is 12.1. The molecule has 1 aromatic carbocycles. The Morgan fingerprint density at radius 2 is 2.21 bits per heavy atom. The van der Waals surface area contributed by atoms with Crippen molar-refractivity contribution >= 4 is 49.1 Å². The van der Waals surface area contributed by atoms with Gasteiger partial charge < -0.3 is 5.73 Å². The first-order chi connectivity index (χ1) is 9.11. The Bertz CT molecular complexity index is 762. The van der Waals surface area contributed by atoms with Crippen molar-refractivity contribution in [3.63, 3.8) is 0 Å². The second-order valence-corrected chi connectivity index (χ2v) is 5.90. The Kier molecular flexibility index (Phi) is 2.92. The van der Waals surface area contributed by atoms with Crippen molar-refractivity contribution in [2.75, 3.05) is 11.1 Å². The van der Waals surface area contributed by atoms with Gasteiger partial charge in [0.25, 0.3) is 5.91 Å². The van der Waals surface area contributed by atoms with Crippen LogP contribution in [0.2, 0.25) is 0 Å². The summed E-state index contributed by atoms with van der Waals surface area (Å²) in [6.45, 7) is 1.89. The van der Waals surface area contributed by atoms with Gasteiger partial charge in [-0.25, -0.2) is 9.97 Å². The molecular formula is C12H10N4OS2. The van der Waals surface area contributed by atoms with Gasteiger partial charge in [-0.05, 0) is 25.1 Å². The van der Waals surface area contributed by atoms with Gasteiger partial charge in [-0.15, -0.1) is 11.3 Å². The summed E-state index contributed by atoms with van der Waals surface area (Å²) >= 11 is 2.78. The average Bonchev–Trinajstić information content (AvgIpc) is 2.93. The molecule has 5 nitrogen and oxygen atoms in total. The van der Waals surface area contributed by atoms with E-state index in [-0.39, 0.29) is 5.91 Å². The van der Waals surface area contributed by atoms with Crippen LogP contribution in [0.5, 0.6) is 0 Å². The fourth-order valence-corrected chi connectivity index (χ4v) is 3.12. The molecule has 0 spiro atoms. The first-order valence-electron chi connectivity index (χ1n) is 5.51. The smallest absolute Gasteiger partial charge is 0.257 e. The van der Waals surface area contributed by atoms with Crippen molar-refractivity contribution in [1.82, 2.24) is 9.97 Å². The summed E-state index contributed by atoms with van der Waals surface area (Å²) in [7, 11) is 0. The Hall–Kier alpha value is -1.99. The van der Waals surface area contributed by atoms with Gasteiger partial charge >= 0.3 is 0 Å². The number of aromatic nitrogens is 2. The number of carbonyl (C=O) groups is 1. The molecule has 96 valence electrons. The molecule has 3 N–H and O–H groups in total. The number of nitrogens with one attached hydrogen (secondary N) is 1. The van der Waals surface area contributed by atoms with E-state index in [4.69, 9.17) is 5.73 Å². The molecule has 0 fully saturated rings. The number of nitrogens with two attached hydrogens (primary N) is 1. The molecule has 2 aromatic heterocycles. The predicted molar refractivity (Wildman–Crippen MR) is 78.8 cm³/mol. The van der Waals surface area contributed by atoms with Crippen molar-refractivity contribution < 1.29 is 4.79 Å². The second kappa shape index (κ2) is 4.60. The number of rotatable bonds is 2. The van der Waals surface area contributed by atoms with E-state index in [1.165, 1.54) is 22.7 Å². The minimum Gasteiger partial charge on any atom is -0.375 e. The normalized spacial score (nSPS) is 10.8. The Balaban J connectivity index is 1.88. The standard InChI is InChI=1S/C12H10N4OS2/c1-6-5-18-12(14-6)16-10(17)7-2-3-8-9(4-7)19-11(13)15-8/h2-5H,1H3,(H2,13,15)(H,14,16,17). The number of nitrogens with zero attached hydrogens (tertiary/aromatic N) is 2. The minimum absolute atomic E-state index is 0.178. The summed E-state index contributed by atoms with van der Waals surface area (Å²) in [5.74, 6) is -0.178. The largest absolute Gasteiger partial charge is 0.375 e. The zero-order valence-electron chi connectivity index (χ0n) is 10.0. The average molecular weight is 290 g/mol. The van der Waals surface area contributed by atoms with Crippen LogP contribution in [0, 0.1) is 6.92 Å². The summed E-state index contributed by atoms with van der Waals surface area (Å²) in [6, 6.07) is 5.32. The van der Waals surface area contributed by atoms with Crippen LogP contribution in [0.15, 0.2) is 23.6 Å². The van der Waals surface area contributed by atoms with Crippen LogP contribution in [-0.2, 0) is 0 Å². The van der Waals surface area contributed by atoms with Gasteiger partial charge in [-0.3, -0.25) is 10.1 Å². The highest BCUT2D eigenvalue weighted by Gasteiger charge is 2.10. The highest BCUT2D eigenvalue weighted by Crippen LogP contribution is 2.25. The van der Waals surface area contributed by atoms with E-state index < -0.39 is 0 Å². The molecular weight excluding hydrogens is 280 g/mol. The Morgan fingerprint density at radius 1 is 1.37 bits per heavy atom. The minimum atomic E-state index is -0.178. The van der Waals surface area contributed by atoms with Gasteiger partial charge in [0.15, 0.2) is 10.3 Å². The molecule has 0 saturated heterocycles. The Morgan fingerprint density at radius 3 is 2.95 bits per heavy atom. The molecule has 0 aliphatic heterocycles. The lowest BCUT2D eigenvalue weighted by Crippen LogP contribution is -2.11. The fraction of sp³-hybridized carbons (Fsp3) is 0.0833. The predicted octanol–water partition coefficient (Wildman–Crippen LogP) is 2.90. The lowest BCUT2D eigenvalue weighted by molar-refractivity contribution is 0.102. The van der Waals surface area contributed by atoms with E-state index in [2.05, 4.69) is 15.3 Å². The highest BCUT2D eigenvalue weighted by atomic mass is 32.1. The van der Waals surface area contributed by atoms with Crippen molar-refractivity contribution in [2.24, 2.45) is 0 Å². The molecule has 19 heavy (non-hydrogen) atoms. The number of thiazole rings is 2. The Labute approximate surface area is 117 Å². The molecule has 0 aliphatic carbocycles. The summed E-state index contributed by atoms with van der Waals surface area (Å²) < 4.78 is 0.903. The molecule has 3 rings (SSSR count). The number of nitrogen functional groups attached to an aromatic ring is 1. The third-order valence-corrected chi connectivity index (χ3v) is 4.23. The van der Waals surface area contributed by atoms with Gasteiger partial charge in [-0.2, -0.15) is 0 Å². The lowest BCUT2D eigenvalue weighted by atomic mass is 10.2. The first-order valence-corrected chi connectivity index (χ1v) is 7.21. The van der Waals surface area contributed by atoms with Gasteiger partial charge in [0.1, 0.15) is 0 Å². The number of benzene rings is 1. The van der Waals surface area contributed by atoms with E-state index >= 15 is 0 Å². The van der Waals surface area contributed by atoms with Crippen molar-refractivity contribution in [3.8, 4) is 0 Å². The molecule has 3 aromatic rings. The third-order valence-electron chi connectivity index (χ3n) is 2.51. The molecule has 0 aliphatic rings. The maximum absolute atomic E-state index is 12.1. The van der Waals surface area contributed by atoms with Crippen LogP contribution in [-0.4, -0.2) is 15.9 Å². The number of hydrogen-bond acceptors (Lipinski definition) is 6. The number of amides is 1. The van der Waals surface area contributed by atoms with Gasteiger partial charge in [0, 0.05) is 10.9 Å². The van der Waals surface area contributed by atoms with E-state index in [1.807, 2.05) is 12.3 Å². The molecule has 2 heterocycles. The summed E-state index contributed by atoms with van der Waals surface area (Å²) in [4.78, 5) is 20.4. The van der Waals surface area contributed by atoms with E-state index in [0.717, 1.165) is 15.9 Å². The zero-order chi connectivity index (χ0) is 13.4. The van der Waals surface area contributed by atoms with Crippen LogP contribution in [0.1, 0.15) is 16.1 Å². The van der Waals surface area contributed by atoms with Crippen LogP contribution < -0.4 is 11.1 Å². The van der Waals surface area contributed by atoms with Crippen LogP contribution >= 0.6 is 22.7 Å². The van der Waals surface area contributed by atoms with E-state index in [9.17, 15) is 4.79 Å². The second-order valence-electron chi connectivity index (χ2n) is 3.98.